The SMILES string of the molecule is CCCCC/C=C\C/C=C\CCCCCCCCC(O)C(=O)NC(CO)C(O)C(O)CCC/C=C/CC/C=C/CC/C=C/CCCCCCCC. The highest BCUT2D eigenvalue weighted by molar-refractivity contribution is 5.80. The van der Waals surface area contributed by atoms with Crippen LogP contribution in [-0.4, -0.2) is 57.3 Å². The molecule has 5 N–H and O–H groups in total. The average Bonchev–Trinajstić information content (AvgIpc) is 3.13. The molecule has 51 heavy (non-hydrogen) atoms. The van der Waals surface area contributed by atoms with E-state index in [-0.39, 0.29) is 0 Å². The lowest BCUT2D eigenvalue weighted by Crippen LogP contribution is -2.53. The Balaban J connectivity index is 3.89. The van der Waals surface area contributed by atoms with Gasteiger partial charge < -0.3 is 25.7 Å². The van der Waals surface area contributed by atoms with Gasteiger partial charge in [-0.1, -0.05) is 152 Å². The standard InChI is InChI=1S/C45H81NO5/c1-3-5-7-9-11-13-15-17-19-21-22-23-25-26-28-30-32-34-36-38-42(48)44(50)41(40-47)46-45(51)43(49)39-37-35-33-31-29-27-24-20-18-16-14-12-10-8-6-4-2/h12,14,17-20,23,25,30,32,41-44,47-50H,3-11,13,15-16,21-22,24,26-29,31,33-40H2,1-2H3,(H,46,51)/b14-12-,19-17+,20-18-,25-23+,32-30+. The van der Waals surface area contributed by atoms with Gasteiger partial charge in [-0.2, -0.15) is 0 Å². The number of carbonyl (C=O) groups excluding carboxylic acids is 1. The number of hydrogen-bond donors (Lipinski definition) is 5. The smallest absolute Gasteiger partial charge is 0.249 e. The van der Waals surface area contributed by atoms with Gasteiger partial charge in [0.05, 0.1) is 18.8 Å². The van der Waals surface area contributed by atoms with Crippen molar-refractivity contribution in [3.63, 3.8) is 0 Å². The molecule has 0 aromatic rings. The van der Waals surface area contributed by atoms with E-state index in [4.69, 9.17) is 0 Å². The zero-order valence-corrected chi connectivity index (χ0v) is 33.1. The van der Waals surface area contributed by atoms with Crippen LogP contribution >= 0.6 is 0 Å². The number of unbranched alkanes of at least 4 members (excludes halogenated alkanes) is 18. The summed E-state index contributed by atoms with van der Waals surface area (Å²) >= 11 is 0. The topological polar surface area (TPSA) is 110 Å². The third-order valence-electron chi connectivity index (χ3n) is 9.41. The fourth-order valence-corrected chi connectivity index (χ4v) is 5.99. The van der Waals surface area contributed by atoms with Crippen LogP contribution < -0.4 is 5.32 Å². The molecular weight excluding hydrogens is 634 g/mol. The first-order chi connectivity index (χ1) is 25.0. The Hall–Kier alpha value is -1.99. The van der Waals surface area contributed by atoms with E-state index in [1.807, 2.05) is 0 Å². The van der Waals surface area contributed by atoms with Gasteiger partial charge in [0, 0.05) is 0 Å². The number of hydrogen-bond acceptors (Lipinski definition) is 5. The van der Waals surface area contributed by atoms with Gasteiger partial charge >= 0.3 is 0 Å². The predicted octanol–water partition coefficient (Wildman–Crippen LogP) is 10.9. The first kappa shape index (κ1) is 49.0. The largest absolute Gasteiger partial charge is 0.394 e. The van der Waals surface area contributed by atoms with Gasteiger partial charge in [0.1, 0.15) is 12.2 Å². The molecule has 0 aliphatic carbocycles. The average molecular weight is 716 g/mol. The van der Waals surface area contributed by atoms with E-state index in [1.54, 1.807) is 0 Å². The summed E-state index contributed by atoms with van der Waals surface area (Å²) < 4.78 is 0. The molecule has 0 rings (SSSR count). The highest BCUT2D eigenvalue weighted by atomic mass is 16.3. The highest BCUT2D eigenvalue weighted by Crippen LogP contribution is 2.13. The van der Waals surface area contributed by atoms with E-state index in [0.29, 0.717) is 19.3 Å². The van der Waals surface area contributed by atoms with Crippen LogP contribution in [0, 0.1) is 0 Å². The van der Waals surface area contributed by atoms with E-state index in [0.717, 1.165) is 70.6 Å². The van der Waals surface area contributed by atoms with Crippen molar-refractivity contribution < 1.29 is 25.2 Å². The first-order valence-electron chi connectivity index (χ1n) is 21.2. The normalized spacial score (nSPS) is 14.9. The van der Waals surface area contributed by atoms with Crippen molar-refractivity contribution >= 4 is 5.91 Å². The second kappa shape index (κ2) is 39.2. The summed E-state index contributed by atoms with van der Waals surface area (Å²) in [5.41, 5.74) is 0. The van der Waals surface area contributed by atoms with Crippen LogP contribution in [0.4, 0.5) is 0 Å². The molecule has 0 radical (unpaired) electrons. The molecule has 0 saturated carbocycles. The maximum Gasteiger partial charge on any atom is 0.249 e. The van der Waals surface area contributed by atoms with Gasteiger partial charge in [-0.05, 0) is 96.3 Å². The minimum atomic E-state index is -1.30. The predicted molar refractivity (Wildman–Crippen MR) is 219 cm³/mol. The van der Waals surface area contributed by atoms with Crippen molar-refractivity contribution in [2.75, 3.05) is 6.61 Å². The maximum absolute atomic E-state index is 12.5. The Morgan fingerprint density at radius 2 is 0.882 bits per heavy atom. The Morgan fingerprint density at radius 1 is 0.490 bits per heavy atom. The number of carbonyl (C=O) groups is 1. The zero-order chi connectivity index (χ0) is 37.5. The Bertz CT molecular complexity index is 895. The van der Waals surface area contributed by atoms with Crippen molar-refractivity contribution in [1.82, 2.24) is 5.32 Å². The summed E-state index contributed by atoms with van der Waals surface area (Å²) in [7, 11) is 0. The van der Waals surface area contributed by atoms with Crippen LogP contribution in [-0.2, 0) is 4.79 Å². The van der Waals surface area contributed by atoms with Crippen molar-refractivity contribution in [1.29, 1.82) is 0 Å². The highest BCUT2D eigenvalue weighted by Gasteiger charge is 2.28. The molecular formula is C45H81NO5. The second-order valence-electron chi connectivity index (χ2n) is 14.3. The van der Waals surface area contributed by atoms with Crippen LogP contribution in [0.25, 0.3) is 0 Å². The summed E-state index contributed by atoms with van der Waals surface area (Å²) in [4.78, 5) is 12.5. The van der Waals surface area contributed by atoms with Gasteiger partial charge in [-0.25, -0.2) is 0 Å². The molecule has 4 unspecified atom stereocenters. The molecule has 0 saturated heterocycles. The number of nitrogens with one attached hydrogen (secondary N) is 1. The van der Waals surface area contributed by atoms with Crippen molar-refractivity contribution in [3.05, 3.63) is 60.8 Å². The van der Waals surface area contributed by atoms with E-state index < -0.39 is 36.9 Å². The molecule has 296 valence electrons. The number of aliphatic hydroxyl groups excluding tert-OH is 4. The molecule has 0 aliphatic heterocycles. The fraction of sp³-hybridized carbons (Fsp3) is 0.756. The molecule has 1 amide bonds. The molecule has 4 atom stereocenters. The van der Waals surface area contributed by atoms with Crippen LogP contribution in [0.1, 0.15) is 187 Å². The molecule has 0 bridgehead atoms. The minimum absolute atomic E-state index is 0.343. The third kappa shape index (κ3) is 33.6. The summed E-state index contributed by atoms with van der Waals surface area (Å²) in [5.74, 6) is -0.611. The van der Waals surface area contributed by atoms with Crippen molar-refractivity contribution in [3.8, 4) is 0 Å². The van der Waals surface area contributed by atoms with Crippen LogP contribution in [0.5, 0.6) is 0 Å². The fourth-order valence-electron chi connectivity index (χ4n) is 5.99. The number of aliphatic hydroxyl groups is 4. The van der Waals surface area contributed by atoms with Crippen LogP contribution in [0.2, 0.25) is 0 Å². The molecule has 6 heteroatoms. The Morgan fingerprint density at radius 3 is 1.39 bits per heavy atom. The number of amides is 1. The molecule has 0 fully saturated rings. The molecule has 6 nitrogen and oxygen atoms in total. The summed E-state index contributed by atoms with van der Waals surface area (Å²) in [6, 6.07) is -1.02. The zero-order valence-electron chi connectivity index (χ0n) is 33.1. The van der Waals surface area contributed by atoms with Crippen LogP contribution in [0.3, 0.4) is 0 Å². The van der Waals surface area contributed by atoms with E-state index in [1.165, 1.54) is 83.5 Å². The summed E-state index contributed by atoms with van der Waals surface area (Å²) in [5, 5.41) is 43.6. The van der Waals surface area contributed by atoms with Gasteiger partial charge in [0.25, 0.3) is 0 Å². The van der Waals surface area contributed by atoms with Gasteiger partial charge in [0.15, 0.2) is 0 Å². The minimum Gasteiger partial charge on any atom is -0.394 e. The lowest BCUT2D eigenvalue weighted by molar-refractivity contribution is -0.132. The Labute approximate surface area is 314 Å². The molecule has 0 aliphatic rings. The van der Waals surface area contributed by atoms with E-state index in [2.05, 4.69) is 79.9 Å². The second-order valence-corrected chi connectivity index (χ2v) is 14.3. The quantitative estimate of drug-likeness (QED) is 0.0325. The maximum atomic E-state index is 12.5. The van der Waals surface area contributed by atoms with E-state index >= 15 is 0 Å². The van der Waals surface area contributed by atoms with Gasteiger partial charge in [-0.15, -0.1) is 0 Å². The van der Waals surface area contributed by atoms with Crippen molar-refractivity contribution in [2.24, 2.45) is 0 Å². The van der Waals surface area contributed by atoms with Gasteiger partial charge in [0.2, 0.25) is 5.91 Å². The molecule has 0 aromatic carbocycles. The Kier molecular flexibility index (Phi) is 37.7. The number of allylic oxidation sites excluding steroid dienone is 10. The monoisotopic (exact) mass is 716 g/mol. The summed E-state index contributed by atoms with van der Waals surface area (Å²) in [6.45, 7) is 3.98. The lowest BCUT2D eigenvalue weighted by atomic mass is 10.00. The van der Waals surface area contributed by atoms with Gasteiger partial charge in [-0.3, -0.25) is 4.79 Å². The van der Waals surface area contributed by atoms with E-state index in [9.17, 15) is 25.2 Å². The van der Waals surface area contributed by atoms with Crippen LogP contribution in [0.15, 0.2) is 60.8 Å². The lowest BCUT2D eigenvalue weighted by Gasteiger charge is -2.27. The third-order valence-corrected chi connectivity index (χ3v) is 9.41. The molecule has 0 aromatic heterocycles. The molecule has 0 spiro atoms. The summed E-state index contributed by atoms with van der Waals surface area (Å²) in [6.07, 6.45) is 48.1. The molecule has 0 heterocycles. The first-order valence-corrected chi connectivity index (χ1v) is 21.2. The van der Waals surface area contributed by atoms with Crippen molar-refractivity contribution in [2.45, 2.75) is 212 Å². The number of rotatable bonds is 37.